The monoisotopic (exact) mass is 557 g/mol. The lowest BCUT2D eigenvalue weighted by molar-refractivity contribution is -0.137. The maximum absolute atomic E-state index is 13.1. The van der Waals surface area contributed by atoms with Gasteiger partial charge in [0, 0.05) is 19.2 Å². The summed E-state index contributed by atoms with van der Waals surface area (Å²) in [7, 11) is 0. The number of aliphatic hydroxyl groups excluding tert-OH is 1. The molecule has 0 amide bonds. The number of para-hydroxylation sites is 1. The number of aliphatic hydroxyl groups is 1. The SMILES string of the molecule is CC.Cc1nc(NCc2cccc(C(F)(F)F)c2)nc(N[C@H]2CCC(CCO)C2)c1-c1nc2ccccc2s1. The topological polar surface area (TPSA) is 83.0 Å². The van der Waals surface area contributed by atoms with Gasteiger partial charge in [0.25, 0.3) is 0 Å². The molecule has 0 bridgehead atoms. The molecular weight excluding hydrogens is 523 g/mol. The van der Waals surface area contributed by atoms with Gasteiger partial charge in [0.15, 0.2) is 0 Å². The second-order valence-electron chi connectivity index (χ2n) is 9.43. The van der Waals surface area contributed by atoms with Gasteiger partial charge in [-0.25, -0.2) is 9.97 Å². The highest BCUT2D eigenvalue weighted by atomic mass is 32.1. The Hall–Kier alpha value is -3.24. The molecule has 1 unspecified atom stereocenters. The van der Waals surface area contributed by atoms with Gasteiger partial charge in [-0.2, -0.15) is 18.2 Å². The minimum atomic E-state index is -4.39. The van der Waals surface area contributed by atoms with Crippen LogP contribution in [0.15, 0.2) is 48.5 Å². The quantitative estimate of drug-likeness (QED) is 0.206. The first kappa shape index (κ1) is 28.8. The highest BCUT2D eigenvalue weighted by molar-refractivity contribution is 7.21. The van der Waals surface area contributed by atoms with E-state index in [0.29, 0.717) is 23.2 Å². The Bertz CT molecular complexity index is 1360. The van der Waals surface area contributed by atoms with Crippen molar-refractivity contribution in [2.24, 2.45) is 5.92 Å². The number of alkyl halides is 3. The molecule has 0 saturated heterocycles. The number of rotatable bonds is 8. The van der Waals surface area contributed by atoms with Crippen molar-refractivity contribution in [3.63, 3.8) is 0 Å². The zero-order valence-electron chi connectivity index (χ0n) is 22.3. The molecule has 4 aromatic rings. The van der Waals surface area contributed by atoms with Crippen molar-refractivity contribution in [2.75, 3.05) is 17.2 Å². The molecule has 5 rings (SSSR count). The smallest absolute Gasteiger partial charge is 0.396 e. The van der Waals surface area contributed by atoms with Gasteiger partial charge in [0.2, 0.25) is 5.95 Å². The summed E-state index contributed by atoms with van der Waals surface area (Å²) in [5.41, 5.74) is 2.27. The van der Waals surface area contributed by atoms with E-state index < -0.39 is 11.7 Å². The molecule has 2 aromatic heterocycles. The lowest BCUT2D eigenvalue weighted by Gasteiger charge is -2.18. The largest absolute Gasteiger partial charge is 0.416 e. The molecule has 2 atom stereocenters. The molecule has 0 radical (unpaired) electrons. The third-order valence-corrected chi connectivity index (χ3v) is 7.78. The summed E-state index contributed by atoms with van der Waals surface area (Å²) < 4.78 is 40.4. The number of aromatic nitrogens is 3. The molecule has 1 fully saturated rings. The van der Waals surface area contributed by atoms with Crippen LogP contribution in [0, 0.1) is 12.8 Å². The fourth-order valence-corrected chi connectivity index (χ4v) is 5.94. The average Bonchev–Trinajstić information content (AvgIpc) is 3.55. The van der Waals surface area contributed by atoms with Crippen molar-refractivity contribution >= 4 is 33.3 Å². The fraction of sp³-hybridized carbons (Fsp3) is 0.414. The Kier molecular flexibility index (Phi) is 9.40. The number of aryl methyl sites for hydroxylation is 1. The number of hydrogen-bond acceptors (Lipinski definition) is 7. The Morgan fingerprint density at radius 1 is 1.03 bits per heavy atom. The Balaban J connectivity index is 0.00000172. The van der Waals surface area contributed by atoms with Crippen molar-refractivity contribution in [1.29, 1.82) is 0 Å². The summed E-state index contributed by atoms with van der Waals surface area (Å²) in [5.74, 6) is 1.47. The lowest BCUT2D eigenvalue weighted by atomic mass is 10.0. The molecule has 6 nitrogen and oxygen atoms in total. The third-order valence-electron chi connectivity index (χ3n) is 6.72. The summed E-state index contributed by atoms with van der Waals surface area (Å²) in [6, 6.07) is 13.4. The van der Waals surface area contributed by atoms with Gasteiger partial charge in [0.1, 0.15) is 10.8 Å². The second kappa shape index (κ2) is 12.7. The van der Waals surface area contributed by atoms with Gasteiger partial charge in [-0.3, -0.25) is 0 Å². The van der Waals surface area contributed by atoms with E-state index in [-0.39, 0.29) is 19.2 Å². The first-order valence-electron chi connectivity index (χ1n) is 13.3. The summed E-state index contributed by atoms with van der Waals surface area (Å²) in [5, 5.41) is 16.8. The van der Waals surface area contributed by atoms with Crippen LogP contribution >= 0.6 is 11.3 Å². The van der Waals surface area contributed by atoms with Crippen LogP contribution in [0.25, 0.3) is 20.8 Å². The maximum Gasteiger partial charge on any atom is 0.416 e. The number of fused-ring (bicyclic) bond motifs is 1. The standard InChI is InChI=1S/C27H28F3N5OS.C2H6/c1-16-23(25-34-21-7-2-3-8-22(21)37-25)24(33-20-10-9-17(14-20)11-12-36)35-26(32-16)31-15-18-5-4-6-19(13-18)27(28,29)30;1-2/h2-8,13,17,20,36H,9-12,14-15H2,1H3,(H2,31,32,33,35);1-2H3/t17?,20-;/m0./s1. The van der Waals surface area contributed by atoms with E-state index in [1.54, 1.807) is 17.4 Å². The zero-order valence-corrected chi connectivity index (χ0v) is 23.2. The van der Waals surface area contributed by atoms with Crippen molar-refractivity contribution in [1.82, 2.24) is 15.0 Å². The summed E-state index contributed by atoms with van der Waals surface area (Å²) in [6.45, 7) is 6.24. The predicted molar refractivity (Wildman–Crippen MR) is 152 cm³/mol. The number of benzene rings is 2. The predicted octanol–water partition coefficient (Wildman–Crippen LogP) is 7.68. The molecule has 2 heterocycles. The number of anilines is 2. The summed E-state index contributed by atoms with van der Waals surface area (Å²) in [6.07, 6.45) is -0.654. The minimum absolute atomic E-state index is 0.158. The summed E-state index contributed by atoms with van der Waals surface area (Å²) in [4.78, 5) is 14.2. The molecule has 208 valence electrons. The van der Waals surface area contributed by atoms with Crippen LogP contribution in [0.3, 0.4) is 0 Å². The maximum atomic E-state index is 13.1. The molecule has 10 heteroatoms. The van der Waals surface area contributed by atoms with Crippen molar-refractivity contribution in [3.8, 4) is 10.6 Å². The normalized spacial score (nSPS) is 17.1. The molecule has 1 saturated carbocycles. The number of nitrogens with one attached hydrogen (secondary N) is 2. The van der Waals surface area contributed by atoms with Gasteiger partial charge < -0.3 is 15.7 Å². The second-order valence-corrected chi connectivity index (χ2v) is 10.5. The van der Waals surface area contributed by atoms with Gasteiger partial charge in [-0.1, -0.05) is 38.1 Å². The number of thiazole rings is 1. The third kappa shape index (κ3) is 7.05. The molecule has 0 aliphatic heterocycles. The molecule has 2 aromatic carbocycles. The van der Waals surface area contributed by atoms with E-state index in [1.807, 2.05) is 45.0 Å². The highest BCUT2D eigenvalue weighted by Crippen LogP contribution is 2.38. The zero-order chi connectivity index (χ0) is 28.0. The van der Waals surface area contributed by atoms with Crippen LogP contribution in [0.2, 0.25) is 0 Å². The van der Waals surface area contributed by atoms with Crippen molar-refractivity contribution in [3.05, 3.63) is 65.4 Å². The van der Waals surface area contributed by atoms with E-state index in [2.05, 4.69) is 15.6 Å². The van der Waals surface area contributed by atoms with E-state index in [4.69, 9.17) is 9.97 Å². The summed E-state index contributed by atoms with van der Waals surface area (Å²) >= 11 is 1.57. The lowest BCUT2D eigenvalue weighted by Crippen LogP contribution is -2.19. The van der Waals surface area contributed by atoms with Gasteiger partial charge in [-0.15, -0.1) is 11.3 Å². The van der Waals surface area contributed by atoms with Crippen LogP contribution < -0.4 is 10.6 Å². The molecule has 3 N–H and O–H groups in total. The van der Waals surface area contributed by atoms with E-state index >= 15 is 0 Å². The Labute approximate surface area is 230 Å². The Morgan fingerprint density at radius 3 is 2.56 bits per heavy atom. The molecule has 1 aliphatic rings. The minimum Gasteiger partial charge on any atom is -0.396 e. The van der Waals surface area contributed by atoms with Crippen molar-refractivity contribution in [2.45, 2.75) is 65.2 Å². The molecule has 0 spiro atoms. The first-order chi connectivity index (χ1) is 18.8. The van der Waals surface area contributed by atoms with E-state index in [1.165, 1.54) is 6.07 Å². The fourth-order valence-electron chi connectivity index (χ4n) is 4.87. The first-order valence-corrected chi connectivity index (χ1v) is 14.1. The Morgan fingerprint density at radius 2 is 1.82 bits per heavy atom. The van der Waals surface area contributed by atoms with Crippen LogP contribution in [0.5, 0.6) is 0 Å². The van der Waals surface area contributed by atoms with Gasteiger partial charge in [-0.05, 0) is 68.4 Å². The molecule has 1 aliphatic carbocycles. The van der Waals surface area contributed by atoms with E-state index in [0.717, 1.165) is 64.3 Å². The van der Waals surface area contributed by atoms with Crippen LogP contribution in [0.4, 0.5) is 24.9 Å². The van der Waals surface area contributed by atoms with Crippen LogP contribution in [0.1, 0.15) is 56.4 Å². The van der Waals surface area contributed by atoms with Crippen LogP contribution in [-0.2, 0) is 12.7 Å². The average molecular weight is 558 g/mol. The highest BCUT2D eigenvalue weighted by Gasteiger charge is 2.30. The molecule has 39 heavy (non-hydrogen) atoms. The van der Waals surface area contributed by atoms with Gasteiger partial charge in [0.05, 0.1) is 27.0 Å². The number of nitrogens with zero attached hydrogens (tertiary/aromatic N) is 3. The van der Waals surface area contributed by atoms with E-state index in [9.17, 15) is 18.3 Å². The molecular formula is C29H34F3N5OS. The number of halogens is 3. The van der Waals surface area contributed by atoms with Crippen LogP contribution in [-0.4, -0.2) is 32.7 Å². The van der Waals surface area contributed by atoms with Crippen molar-refractivity contribution < 1.29 is 18.3 Å². The number of hydrogen-bond donors (Lipinski definition) is 3. The van der Waals surface area contributed by atoms with Gasteiger partial charge >= 0.3 is 6.18 Å².